The summed E-state index contributed by atoms with van der Waals surface area (Å²) in [5, 5.41) is 0. The van der Waals surface area contributed by atoms with Gasteiger partial charge >= 0.3 is 0 Å². The van der Waals surface area contributed by atoms with E-state index < -0.39 is 0 Å². The molecule has 1 heterocycles. The first-order valence-corrected chi connectivity index (χ1v) is 6.10. The number of hydrogen-bond acceptors (Lipinski definition) is 3. The van der Waals surface area contributed by atoms with Crippen LogP contribution in [0.2, 0.25) is 0 Å². The van der Waals surface area contributed by atoms with Crippen molar-refractivity contribution >= 4 is 6.29 Å². The SMILES string of the molecule is CC(c1ccccc1F)N(C)Cc1ccc(C=O)o1. The van der Waals surface area contributed by atoms with Crippen molar-refractivity contribution < 1.29 is 13.6 Å². The highest BCUT2D eigenvalue weighted by Gasteiger charge is 2.16. The zero-order valence-electron chi connectivity index (χ0n) is 11.0. The summed E-state index contributed by atoms with van der Waals surface area (Å²) in [6.07, 6.45) is 0.670. The molecular formula is C15H16FNO2. The van der Waals surface area contributed by atoms with Crippen molar-refractivity contribution in [2.45, 2.75) is 19.5 Å². The molecule has 0 spiro atoms. The van der Waals surface area contributed by atoms with Gasteiger partial charge in [-0.15, -0.1) is 0 Å². The van der Waals surface area contributed by atoms with Crippen molar-refractivity contribution in [3.05, 3.63) is 59.3 Å². The Labute approximate surface area is 111 Å². The fourth-order valence-corrected chi connectivity index (χ4v) is 1.98. The first-order chi connectivity index (χ1) is 9.11. The van der Waals surface area contributed by atoms with Crippen molar-refractivity contribution in [2.75, 3.05) is 7.05 Å². The Bertz CT molecular complexity index is 565. The first-order valence-electron chi connectivity index (χ1n) is 6.10. The molecule has 4 heteroatoms. The van der Waals surface area contributed by atoms with E-state index >= 15 is 0 Å². The molecule has 2 rings (SSSR count). The maximum atomic E-state index is 13.7. The molecule has 0 amide bonds. The molecule has 1 unspecified atom stereocenters. The van der Waals surface area contributed by atoms with E-state index in [1.165, 1.54) is 6.07 Å². The second-order valence-corrected chi connectivity index (χ2v) is 4.53. The van der Waals surface area contributed by atoms with Gasteiger partial charge in [0.05, 0.1) is 6.54 Å². The van der Waals surface area contributed by atoms with Crippen LogP contribution in [0.4, 0.5) is 4.39 Å². The largest absolute Gasteiger partial charge is 0.457 e. The van der Waals surface area contributed by atoms with Crippen LogP contribution in [-0.2, 0) is 6.54 Å². The molecule has 100 valence electrons. The highest BCUT2D eigenvalue weighted by atomic mass is 19.1. The van der Waals surface area contributed by atoms with Gasteiger partial charge < -0.3 is 4.42 Å². The van der Waals surface area contributed by atoms with Crippen LogP contribution >= 0.6 is 0 Å². The van der Waals surface area contributed by atoms with E-state index in [-0.39, 0.29) is 11.9 Å². The van der Waals surface area contributed by atoms with E-state index in [1.54, 1.807) is 24.3 Å². The van der Waals surface area contributed by atoms with E-state index in [2.05, 4.69) is 0 Å². The summed E-state index contributed by atoms with van der Waals surface area (Å²) in [5.74, 6) is 0.782. The third-order valence-electron chi connectivity index (χ3n) is 3.22. The summed E-state index contributed by atoms with van der Waals surface area (Å²) in [4.78, 5) is 12.5. The number of carbonyl (C=O) groups excluding carboxylic acids is 1. The molecule has 19 heavy (non-hydrogen) atoms. The molecule has 1 atom stereocenters. The Balaban J connectivity index is 2.09. The number of aldehydes is 1. The van der Waals surface area contributed by atoms with Crippen LogP contribution in [0, 0.1) is 5.82 Å². The molecule has 0 bridgehead atoms. The molecule has 0 aliphatic heterocycles. The molecule has 1 aromatic heterocycles. The molecule has 1 aromatic carbocycles. The molecule has 0 radical (unpaired) electrons. The fraction of sp³-hybridized carbons (Fsp3) is 0.267. The predicted octanol–water partition coefficient (Wildman–Crippen LogP) is 3.42. The van der Waals surface area contributed by atoms with Crippen molar-refractivity contribution in [1.82, 2.24) is 4.90 Å². The molecule has 0 fully saturated rings. The Morgan fingerprint density at radius 1 is 1.32 bits per heavy atom. The molecular weight excluding hydrogens is 245 g/mol. The zero-order chi connectivity index (χ0) is 13.8. The van der Waals surface area contributed by atoms with E-state index in [1.807, 2.05) is 24.9 Å². The molecule has 0 saturated carbocycles. The lowest BCUT2D eigenvalue weighted by atomic mass is 10.1. The van der Waals surface area contributed by atoms with Crippen LogP contribution in [0.3, 0.4) is 0 Å². The fourth-order valence-electron chi connectivity index (χ4n) is 1.98. The van der Waals surface area contributed by atoms with Gasteiger partial charge in [-0.05, 0) is 32.2 Å². The molecule has 2 aromatic rings. The summed E-state index contributed by atoms with van der Waals surface area (Å²) in [7, 11) is 1.89. The highest BCUT2D eigenvalue weighted by Crippen LogP contribution is 2.23. The summed E-state index contributed by atoms with van der Waals surface area (Å²) >= 11 is 0. The number of carbonyl (C=O) groups is 1. The second kappa shape index (κ2) is 5.80. The Morgan fingerprint density at radius 3 is 2.68 bits per heavy atom. The average molecular weight is 261 g/mol. The maximum absolute atomic E-state index is 13.7. The summed E-state index contributed by atoms with van der Waals surface area (Å²) in [6.45, 7) is 2.45. The Kier molecular flexibility index (Phi) is 4.12. The molecule has 0 aliphatic carbocycles. The molecule has 0 aliphatic rings. The Hall–Kier alpha value is -1.94. The van der Waals surface area contributed by atoms with Gasteiger partial charge in [0.15, 0.2) is 12.0 Å². The molecule has 3 nitrogen and oxygen atoms in total. The topological polar surface area (TPSA) is 33.5 Å². The van der Waals surface area contributed by atoms with Crippen molar-refractivity contribution in [2.24, 2.45) is 0 Å². The van der Waals surface area contributed by atoms with Crippen LogP contribution in [0.15, 0.2) is 40.8 Å². The van der Waals surface area contributed by atoms with Gasteiger partial charge in [-0.25, -0.2) is 4.39 Å². The quantitative estimate of drug-likeness (QED) is 0.773. The van der Waals surface area contributed by atoms with Gasteiger partial charge in [0, 0.05) is 11.6 Å². The zero-order valence-corrected chi connectivity index (χ0v) is 11.0. The van der Waals surface area contributed by atoms with Gasteiger partial charge in [-0.2, -0.15) is 0 Å². The lowest BCUT2D eigenvalue weighted by Gasteiger charge is -2.24. The minimum absolute atomic E-state index is 0.0778. The third-order valence-corrected chi connectivity index (χ3v) is 3.22. The standard InChI is InChI=1S/C15H16FNO2/c1-11(14-5-3-4-6-15(14)16)17(2)9-12-7-8-13(10-18)19-12/h3-8,10-11H,9H2,1-2H3. The minimum atomic E-state index is -0.213. The number of halogens is 1. The number of rotatable bonds is 5. The minimum Gasteiger partial charge on any atom is -0.457 e. The predicted molar refractivity (Wildman–Crippen MR) is 70.4 cm³/mol. The van der Waals surface area contributed by atoms with Crippen LogP contribution in [0.5, 0.6) is 0 Å². The number of benzene rings is 1. The normalized spacial score (nSPS) is 12.6. The van der Waals surface area contributed by atoms with Gasteiger partial charge in [-0.3, -0.25) is 9.69 Å². The summed E-state index contributed by atoms with van der Waals surface area (Å²) < 4.78 is 19.0. The number of hydrogen-bond donors (Lipinski definition) is 0. The van der Waals surface area contributed by atoms with E-state index in [4.69, 9.17) is 4.42 Å². The average Bonchev–Trinajstić information content (AvgIpc) is 2.86. The van der Waals surface area contributed by atoms with Gasteiger partial charge in [0.2, 0.25) is 0 Å². The van der Waals surface area contributed by atoms with Gasteiger partial charge in [0.1, 0.15) is 11.6 Å². The number of furan rings is 1. The van der Waals surface area contributed by atoms with Crippen LogP contribution < -0.4 is 0 Å². The smallest absolute Gasteiger partial charge is 0.185 e. The van der Waals surface area contributed by atoms with E-state index in [0.717, 1.165) is 0 Å². The third kappa shape index (κ3) is 3.09. The van der Waals surface area contributed by atoms with Crippen molar-refractivity contribution in [1.29, 1.82) is 0 Å². The lowest BCUT2D eigenvalue weighted by Crippen LogP contribution is -2.22. The summed E-state index contributed by atoms with van der Waals surface area (Å²) in [5.41, 5.74) is 0.646. The summed E-state index contributed by atoms with van der Waals surface area (Å²) in [6, 6.07) is 10.0. The first kappa shape index (κ1) is 13.5. The highest BCUT2D eigenvalue weighted by molar-refractivity contribution is 5.70. The monoisotopic (exact) mass is 261 g/mol. The van der Waals surface area contributed by atoms with Crippen molar-refractivity contribution in [3.8, 4) is 0 Å². The van der Waals surface area contributed by atoms with Gasteiger partial charge in [-0.1, -0.05) is 18.2 Å². The van der Waals surface area contributed by atoms with E-state index in [0.29, 0.717) is 29.9 Å². The molecule has 0 N–H and O–H groups in total. The van der Waals surface area contributed by atoms with E-state index in [9.17, 15) is 9.18 Å². The van der Waals surface area contributed by atoms with Gasteiger partial charge in [0.25, 0.3) is 0 Å². The maximum Gasteiger partial charge on any atom is 0.185 e. The van der Waals surface area contributed by atoms with Crippen molar-refractivity contribution in [3.63, 3.8) is 0 Å². The van der Waals surface area contributed by atoms with Crippen LogP contribution in [0.25, 0.3) is 0 Å². The lowest BCUT2D eigenvalue weighted by molar-refractivity contribution is 0.109. The molecule has 0 saturated heterocycles. The Morgan fingerprint density at radius 2 is 2.05 bits per heavy atom. The van der Waals surface area contributed by atoms with Crippen LogP contribution in [-0.4, -0.2) is 18.2 Å². The number of nitrogens with zero attached hydrogens (tertiary/aromatic N) is 1. The van der Waals surface area contributed by atoms with Crippen LogP contribution in [0.1, 0.15) is 34.8 Å². The second-order valence-electron chi connectivity index (χ2n) is 4.53.